The lowest BCUT2D eigenvalue weighted by atomic mass is 10.2. The summed E-state index contributed by atoms with van der Waals surface area (Å²) in [4.78, 5) is 0.0660. The van der Waals surface area contributed by atoms with Crippen molar-refractivity contribution in [3.63, 3.8) is 0 Å². The SMILES string of the molecule is Cc1ccc(F)cc1S(=O)(=O)N1CCNC[C@@H]1C.Cl. The van der Waals surface area contributed by atoms with Gasteiger partial charge < -0.3 is 5.32 Å². The topological polar surface area (TPSA) is 49.4 Å². The van der Waals surface area contributed by atoms with Crippen LogP contribution in [0.15, 0.2) is 23.1 Å². The van der Waals surface area contributed by atoms with Gasteiger partial charge in [-0.15, -0.1) is 12.4 Å². The molecular weight excluding hydrogens is 291 g/mol. The Balaban J connectivity index is 0.00000180. The van der Waals surface area contributed by atoms with E-state index in [4.69, 9.17) is 0 Å². The minimum atomic E-state index is -3.61. The van der Waals surface area contributed by atoms with Crippen molar-refractivity contribution in [2.75, 3.05) is 19.6 Å². The number of piperazine rings is 1. The maximum atomic E-state index is 13.2. The van der Waals surface area contributed by atoms with E-state index < -0.39 is 15.8 Å². The third-order valence-electron chi connectivity index (χ3n) is 3.18. The summed E-state index contributed by atoms with van der Waals surface area (Å²) in [6.07, 6.45) is 0. The van der Waals surface area contributed by atoms with Gasteiger partial charge in [0.15, 0.2) is 0 Å². The Bertz CT molecular complexity index is 551. The fraction of sp³-hybridized carbons (Fsp3) is 0.500. The van der Waals surface area contributed by atoms with Gasteiger partial charge >= 0.3 is 0 Å². The molecule has 1 aliphatic heterocycles. The van der Waals surface area contributed by atoms with Crippen molar-refractivity contribution in [2.24, 2.45) is 0 Å². The molecule has 0 radical (unpaired) electrons. The van der Waals surface area contributed by atoms with Crippen LogP contribution in [0.25, 0.3) is 0 Å². The van der Waals surface area contributed by atoms with E-state index in [1.165, 1.54) is 16.4 Å². The van der Waals surface area contributed by atoms with E-state index in [0.717, 1.165) is 6.07 Å². The lowest BCUT2D eigenvalue weighted by molar-refractivity contribution is 0.283. The van der Waals surface area contributed by atoms with Gasteiger partial charge in [-0.05, 0) is 31.5 Å². The summed E-state index contributed by atoms with van der Waals surface area (Å²) in [7, 11) is -3.61. The second-order valence-corrected chi connectivity index (χ2v) is 6.44. The van der Waals surface area contributed by atoms with Crippen LogP contribution in [0, 0.1) is 12.7 Å². The predicted octanol–water partition coefficient (Wildman–Crippen LogP) is 1.54. The van der Waals surface area contributed by atoms with Gasteiger partial charge in [0.1, 0.15) is 5.82 Å². The average molecular weight is 309 g/mol. The van der Waals surface area contributed by atoms with E-state index in [1.807, 2.05) is 6.92 Å². The highest BCUT2D eigenvalue weighted by molar-refractivity contribution is 7.89. The second-order valence-electron chi connectivity index (χ2n) is 4.58. The van der Waals surface area contributed by atoms with Crippen LogP contribution < -0.4 is 5.32 Å². The van der Waals surface area contributed by atoms with E-state index in [0.29, 0.717) is 25.2 Å². The summed E-state index contributed by atoms with van der Waals surface area (Å²) in [5.41, 5.74) is 0.571. The number of nitrogens with one attached hydrogen (secondary N) is 1. The standard InChI is InChI=1S/C12H17FN2O2S.ClH/c1-9-3-4-11(13)7-12(9)18(16,17)15-6-5-14-8-10(15)2;/h3-4,7,10,14H,5-6,8H2,1-2H3;1H/t10-;/m0./s1. The minimum absolute atomic E-state index is 0. The molecule has 4 nitrogen and oxygen atoms in total. The van der Waals surface area contributed by atoms with E-state index in [1.54, 1.807) is 6.92 Å². The molecule has 0 aromatic heterocycles. The Kier molecular flexibility index (Phi) is 5.32. The van der Waals surface area contributed by atoms with Crippen molar-refractivity contribution < 1.29 is 12.8 Å². The van der Waals surface area contributed by atoms with Gasteiger partial charge in [-0.2, -0.15) is 4.31 Å². The smallest absolute Gasteiger partial charge is 0.243 e. The number of halogens is 2. The van der Waals surface area contributed by atoms with E-state index in [9.17, 15) is 12.8 Å². The number of hydrogen-bond donors (Lipinski definition) is 1. The maximum Gasteiger partial charge on any atom is 0.243 e. The van der Waals surface area contributed by atoms with Gasteiger partial charge in [0.2, 0.25) is 10.0 Å². The molecule has 0 saturated carbocycles. The van der Waals surface area contributed by atoms with Crippen molar-refractivity contribution in [2.45, 2.75) is 24.8 Å². The van der Waals surface area contributed by atoms with Crippen LogP contribution in [-0.4, -0.2) is 38.4 Å². The molecule has 1 aromatic rings. The van der Waals surface area contributed by atoms with Crippen molar-refractivity contribution in [3.8, 4) is 0 Å². The Morgan fingerprint density at radius 1 is 1.42 bits per heavy atom. The molecule has 1 aliphatic rings. The highest BCUT2D eigenvalue weighted by Crippen LogP contribution is 2.23. The summed E-state index contributed by atoms with van der Waals surface area (Å²) in [5, 5.41) is 3.13. The van der Waals surface area contributed by atoms with Gasteiger partial charge in [-0.1, -0.05) is 6.07 Å². The van der Waals surface area contributed by atoms with Gasteiger partial charge in [0.25, 0.3) is 0 Å². The number of rotatable bonds is 2. The highest BCUT2D eigenvalue weighted by atomic mass is 35.5. The third kappa shape index (κ3) is 3.25. The fourth-order valence-corrected chi connectivity index (χ4v) is 4.03. The summed E-state index contributed by atoms with van der Waals surface area (Å²) in [6.45, 7) is 5.18. The summed E-state index contributed by atoms with van der Waals surface area (Å²) in [6, 6.07) is 3.75. The first-order valence-corrected chi connectivity index (χ1v) is 7.35. The quantitative estimate of drug-likeness (QED) is 0.901. The average Bonchev–Trinajstić information content (AvgIpc) is 2.32. The number of aryl methyl sites for hydroxylation is 1. The molecule has 0 amide bonds. The largest absolute Gasteiger partial charge is 0.314 e. The Morgan fingerprint density at radius 3 is 2.74 bits per heavy atom. The van der Waals surface area contributed by atoms with Crippen LogP contribution in [0.2, 0.25) is 0 Å². The lowest BCUT2D eigenvalue weighted by Gasteiger charge is -2.33. The molecule has 1 aromatic carbocycles. The minimum Gasteiger partial charge on any atom is -0.314 e. The molecular formula is C12H18ClFN2O2S. The van der Waals surface area contributed by atoms with Gasteiger partial charge in [-0.25, -0.2) is 12.8 Å². The molecule has 19 heavy (non-hydrogen) atoms. The molecule has 108 valence electrons. The first-order chi connectivity index (χ1) is 8.43. The normalized spacial score (nSPS) is 20.9. The van der Waals surface area contributed by atoms with Crippen molar-refractivity contribution in [1.29, 1.82) is 0 Å². The van der Waals surface area contributed by atoms with Crippen molar-refractivity contribution in [1.82, 2.24) is 9.62 Å². The fourth-order valence-electron chi connectivity index (χ4n) is 2.16. The maximum absolute atomic E-state index is 13.2. The van der Waals surface area contributed by atoms with Crippen LogP contribution in [0.5, 0.6) is 0 Å². The van der Waals surface area contributed by atoms with E-state index >= 15 is 0 Å². The van der Waals surface area contributed by atoms with Crippen LogP contribution in [-0.2, 0) is 10.0 Å². The molecule has 2 rings (SSSR count). The summed E-state index contributed by atoms with van der Waals surface area (Å²) < 4.78 is 39.7. The lowest BCUT2D eigenvalue weighted by Crippen LogP contribution is -2.52. The van der Waals surface area contributed by atoms with E-state index in [-0.39, 0.29) is 23.3 Å². The zero-order valence-electron chi connectivity index (χ0n) is 10.9. The number of sulfonamides is 1. The summed E-state index contributed by atoms with van der Waals surface area (Å²) in [5.74, 6) is -0.526. The molecule has 1 saturated heterocycles. The number of hydrogen-bond acceptors (Lipinski definition) is 3. The number of nitrogens with zero attached hydrogens (tertiary/aromatic N) is 1. The number of benzene rings is 1. The van der Waals surface area contributed by atoms with Crippen LogP contribution in [0.4, 0.5) is 4.39 Å². The van der Waals surface area contributed by atoms with Crippen molar-refractivity contribution in [3.05, 3.63) is 29.6 Å². The van der Waals surface area contributed by atoms with Gasteiger partial charge in [-0.3, -0.25) is 0 Å². The Labute approximate surface area is 119 Å². The molecule has 1 atom stereocenters. The predicted molar refractivity (Wildman–Crippen MR) is 74.6 cm³/mol. The Hall–Kier alpha value is -0.690. The molecule has 0 bridgehead atoms. The second kappa shape index (κ2) is 6.17. The molecule has 7 heteroatoms. The van der Waals surface area contributed by atoms with Crippen molar-refractivity contribution >= 4 is 22.4 Å². The van der Waals surface area contributed by atoms with Gasteiger partial charge in [0.05, 0.1) is 4.90 Å². The molecule has 1 fully saturated rings. The molecule has 1 heterocycles. The monoisotopic (exact) mass is 308 g/mol. The Morgan fingerprint density at radius 2 is 2.11 bits per heavy atom. The van der Waals surface area contributed by atoms with E-state index in [2.05, 4.69) is 5.32 Å². The van der Waals surface area contributed by atoms with Crippen LogP contribution in [0.1, 0.15) is 12.5 Å². The van der Waals surface area contributed by atoms with Crippen LogP contribution >= 0.6 is 12.4 Å². The molecule has 0 aliphatic carbocycles. The first kappa shape index (κ1) is 16.4. The molecule has 0 unspecified atom stereocenters. The van der Waals surface area contributed by atoms with Gasteiger partial charge in [0, 0.05) is 25.7 Å². The summed E-state index contributed by atoms with van der Waals surface area (Å²) >= 11 is 0. The molecule has 0 spiro atoms. The highest BCUT2D eigenvalue weighted by Gasteiger charge is 2.32. The third-order valence-corrected chi connectivity index (χ3v) is 5.33. The zero-order valence-corrected chi connectivity index (χ0v) is 12.5. The zero-order chi connectivity index (χ0) is 13.3. The molecule has 1 N–H and O–H groups in total. The van der Waals surface area contributed by atoms with Crippen LogP contribution in [0.3, 0.4) is 0 Å². The first-order valence-electron chi connectivity index (χ1n) is 5.91.